The monoisotopic (exact) mass is 208 g/mol. The highest BCUT2D eigenvalue weighted by Gasteiger charge is 2.53. The van der Waals surface area contributed by atoms with Gasteiger partial charge in [-0.05, 0) is 25.8 Å². The Bertz CT molecular complexity index is 372. The lowest BCUT2D eigenvalue weighted by Crippen LogP contribution is -2.34. The van der Waals surface area contributed by atoms with Crippen LogP contribution in [0.25, 0.3) is 0 Å². The van der Waals surface area contributed by atoms with Gasteiger partial charge in [0.2, 0.25) is 0 Å². The van der Waals surface area contributed by atoms with Gasteiger partial charge in [-0.25, -0.2) is 0 Å². The van der Waals surface area contributed by atoms with E-state index in [0.29, 0.717) is 5.92 Å². The summed E-state index contributed by atoms with van der Waals surface area (Å²) in [5.41, 5.74) is 0.995. The molecule has 0 radical (unpaired) electrons. The summed E-state index contributed by atoms with van der Waals surface area (Å²) >= 11 is 6.46. The molecule has 74 valence electrons. The number of para-hydroxylation sites is 1. The molecular formula is C12H13ClO. The molecule has 1 saturated carbocycles. The first-order valence-electron chi connectivity index (χ1n) is 5.14. The number of rotatable bonds is 1. The summed E-state index contributed by atoms with van der Waals surface area (Å²) < 4.78 is 6.00. The van der Waals surface area contributed by atoms with E-state index in [0.717, 1.165) is 11.3 Å². The summed E-state index contributed by atoms with van der Waals surface area (Å²) in [6.45, 7) is 2.14. The van der Waals surface area contributed by atoms with E-state index >= 15 is 0 Å². The quantitative estimate of drug-likeness (QED) is 0.642. The molecule has 0 spiro atoms. The maximum Gasteiger partial charge on any atom is 0.130 e. The van der Waals surface area contributed by atoms with Gasteiger partial charge >= 0.3 is 0 Å². The molecule has 1 nitrogen and oxygen atoms in total. The molecule has 0 N–H and O–H groups in total. The molecule has 2 heteroatoms. The molecule has 0 bridgehead atoms. The molecule has 0 amide bonds. The van der Waals surface area contributed by atoms with Crippen LogP contribution in [0, 0.1) is 5.92 Å². The number of hydrogen-bond donors (Lipinski definition) is 0. The third-order valence-electron chi connectivity index (χ3n) is 3.41. The molecule has 1 aliphatic heterocycles. The average molecular weight is 209 g/mol. The number of benzene rings is 1. The first-order valence-corrected chi connectivity index (χ1v) is 5.57. The summed E-state index contributed by atoms with van der Waals surface area (Å²) in [4.78, 5) is 0. The second-order valence-corrected chi connectivity index (χ2v) is 4.90. The maximum atomic E-state index is 6.46. The highest BCUT2D eigenvalue weighted by Crippen LogP contribution is 2.56. The minimum atomic E-state index is -0.161. The number of hydrogen-bond acceptors (Lipinski definition) is 1. The van der Waals surface area contributed by atoms with E-state index in [4.69, 9.17) is 16.3 Å². The highest BCUT2D eigenvalue weighted by atomic mass is 35.5. The topological polar surface area (TPSA) is 9.23 Å². The Morgan fingerprint density at radius 2 is 2.07 bits per heavy atom. The summed E-state index contributed by atoms with van der Waals surface area (Å²) in [5, 5.41) is 0.0196. The van der Waals surface area contributed by atoms with Crippen LogP contribution < -0.4 is 4.74 Å². The number of halogens is 1. The molecule has 1 aromatic rings. The molecule has 3 rings (SSSR count). The summed E-state index contributed by atoms with van der Waals surface area (Å²) in [5.74, 6) is 1.62. The van der Waals surface area contributed by atoms with Gasteiger partial charge in [0, 0.05) is 11.5 Å². The SMILES string of the molecule is CC1(C2CC2)Oc2ccccc2C1Cl. The Morgan fingerprint density at radius 3 is 2.71 bits per heavy atom. The number of alkyl halides is 1. The molecule has 1 fully saturated rings. The minimum Gasteiger partial charge on any atom is -0.485 e. The van der Waals surface area contributed by atoms with Crippen LogP contribution in [0.1, 0.15) is 30.7 Å². The fourth-order valence-corrected chi connectivity index (χ4v) is 2.73. The van der Waals surface area contributed by atoms with Crippen LogP contribution >= 0.6 is 11.6 Å². The van der Waals surface area contributed by atoms with Crippen molar-refractivity contribution in [2.75, 3.05) is 0 Å². The third kappa shape index (κ3) is 1.02. The van der Waals surface area contributed by atoms with E-state index in [-0.39, 0.29) is 11.0 Å². The Balaban J connectivity index is 2.04. The Kier molecular flexibility index (Phi) is 1.64. The van der Waals surface area contributed by atoms with Crippen molar-refractivity contribution < 1.29 is 4.74 Å². The lowest BCUT2D eigenvalue weighted by molar-refractivity contribution is 0.0861. The van der Waals surface area contributed by atoms with E-state index in [1.807, 2.05) is 18.2 Å². The Hall–Kier alpha value is -0.690. The van der Waals surface area contributed by atoms with Crippen molar-refractivity contribution in [2.45, 2.75) is 30.7 Å². The fraction of sp³-hybridized carbons (Fsp3) is 0.500. The standard InChI is InChI=1S/C12H13ClO/c1-12(8-6-7-8)11(13)9-4-2-3-5-10(9)14-12/h2-5,8,11H,6-7H2,1H3. The normalized spacial score (nSPS) is 35.1. The van der Waals surface area contributed by atoms with E-state index in [1.54, 1.807) is 0 Å². The van der Waals surface area contributed by atoms with Crippen molar-refractivity contribution in [3.05, 3.63) is 29.8 Å². The van der Waals surface area contributed by atoms with Gasteiger partial charge in [0.15, 0.2) is 0 Å². The van der Waals surface area contributed by atoms with Crippen LogP contribution in [0.15, 0.2) is 24.3 Å². The zero-order valence-corrected chi connectivity index (χ0v) is 8.92. The minimum absolute atomic E-state index is 0.0196. The largest absolute Gasteiger partial charge is 0.485 e. The van der Waals surface area contributed by atoms with E-state index in [1.165, 1.54) is 12.8 Å². The van der Waals surface area contributed by atoms with Crippen molar-refractivity contribution in [1.82, 2.24) is 0 Å². The molecule has 0 saturated heterocycles. The highest BCUT2D eigenvalue weighted by molar-refractivity contribution is 6.22. The molecule has 1 heterocycles. The van der Waals surface area contributed by atoms with E-state index in [2.05, 4.69) is 13.0 Å². The second-order valence-electron chi connectivity index (χ2n) is 4.46. The van der Waals surface area contributed by atoms with Gasteiger partial charge in [0.25, 0.3) is 0 Å². The molecular weight excluding hydrogens is 196 g/mol. The van der Waals surface area contributed by atoms with Crippen molar-refractivity contribution >= 4 is 11.6 Å². The van der Waals surface area contributed by atoms with Crippen LogP contribution in [-0.4, -0.2) is 5.60 Å². The molecule has 1 aliphatic carbocycles. The summed E-state index contributed by atoms with van der Waals surface area (Å²) in [6.07, 6.45) is 2.52. The van der Waals surface area contributed by atoms with Gasteiger partial charge in [0.1, 0.15) is 16.7 Å². The zero-order valence-electron chi connectivity index (χ0n) is 8.16. The molecule has 2 unspecified atom stereocenters. The van der Waals surface area contributed by atoms with Gasteiger partial charge in [-0.15, -0.1) is 11.6 Å². The van der Waals surface area contributed by atoms with Gasteiger partial charge in [-0.2, -0.15) is 0 Å². The number of fused-ring (bicyclic) bond motifs is 1. The smallest absolute Gasteiger partial charge is 0.130 e. The predicted octanol–water partition coefficient (Wildman–Crippen LogP) is 3.53. The fourth-order valence-electron chi connectivity index (χ4n) is 2.33. The number of ether oxygens (including phenoxy) is 1. The van der Waals surface area contributed by atoms with Crippen molar-refractivity contribution in [3.8, 4) is 5.75 Å². The average Bonchev–Trinajstić information content (AvgIpc) is 2.98. The van der Waals surface area contributed by atoms with Gasteiger partial charge in [-0.1, -0.05) is 18.2 Å². The molecule has 0 aromatic heterocycles. The maximum absolute atomic E-state index is 6.46. The van der Waals surface area contributed by atoms with Gasteiger partial charge in [-0.3, -0.25) is 0 Å². The zero-order chi connectivity index (χ0) is 9.76. The molecule has 2 atom stereocenters. The van der Waals surface area contributed by atoms with E-state index in [9.17, 15) is 0 Å². The molecule has 2 aliphatic rings. The van der Waals surface area contributed by atoms with Crippen LogP contribution in [0.2, 0.25) is 0 Å². The molecule has 14 heavy (non-hydrogen) atoms. The third-order valence-corrected chi connectivity index (χ3v) is 4.08. The Morgan fingerprint density at radius 1 is 1.36 bits per heavy atom. The lowest BCUT2D eigenvalue weighted by Gasteiger charge is -2.27. The van der Waals surface area contributed by atoms with Crippen LogP contribution in [-0.2, 0) is 0 Å². The first-order chi connectivity index (χ1) is 6.72. The summed E-state index contributed by atoms with van der Waals surface area (Å²) in [6, 6.07) is 8.11. The van der Waals surface area contributed by atoms with Crippen molar-refractivity contribution in [3.63, 3.8) is 0 Å². The van der Waals surface area contributed by atoms with Crippen LogP contribution in [0.3, 0.4) is 0 Å². The predicted molar refractivity (Wildman–Crippen MR) is 56.8 cm³/mol. The molecule has 1 aromatic carbocycles. The van der Waals surface area contributed by atoms with Crippen LogP contribution in [0.4, 0.5) is 0 Å². The van der Waals surface area contributed by atoms with Crippen LogP contribution in [0.5, 0.6) is 5.75 Å². The Labute approximate surface area is 89.0 Å². The van der Waals surface area contributed by atoms with Crippen molar-refractivity contribution in [2.24, 2.45) is 5.92 Å². The summed E-state index contributed by atoms with van der Waals surface area (Å²) in [7, 11) is 0. The van der Waals surface area contributed by atoms with Crippen molar-refractivity contribution in [1.29, 1.82) is 0 Å². The van der Waals surface area contributed by atoms with E-state index < -0.39 is 0 Å². The lowest BCUT2D eigenvalue weighted by atomic mass is 9.93. The second kappa shape index (κ2) is 2.66. The van der Waals surface area contributed by atoms with Gasteiger partial charge in [0.05, 0.1) is 0 Å². The first kappa shape index (κ1) is 8.60. The van der Waals surface area contributed by atoms with Gasteiger partial charge < -0.3 is 4.74 Å².